The van der Waals surface area contributed by atoms with Gasteiger partial charge in [-0.3, -0.25) is 14.4 Å². The van der Waals surface area contributed by atoms with Crippen molar-refractivity contribution < 1.29 is 82.5 Å². The number of rotatable bonds is 20. The summed E-state index contributed by atoms with van der Waals surface area (Å²) in [5.41, 5.74) is -4.52. The first kappa shape index (κ1) is 66.5. The zero-order valence-electron chi connectivity index (χ0n) is 49.9. The molecule has 0 spiro atoms. The fourth-order valence-corrected chi connectivity index (χ4v) is 12.4. The number of likely N-dealkylation sites (N-methyl/N-ethyl adjacent to an activating group) is 2. The number of hydrogen-bond acceptors (Lipinski definition) is 20. The summed E-state index contributed by atoms with van der Waals surface area (Å²) in [5.74, 6) is -4.76. The number of carboxylic acids is 1. The van der Waals surface area contributed by atoms with Crippen molar-refractivity contribution in [1.82, 2.24) is 14.4 Å². The van der Waals surface area contributed by atoms with Gasteiger partial charge in [0.25, 0.3) is 0 Å². The second-order valence-corrected chi connectivity index (χ2v) is 24.6. The van der Waals surface area contributed by atoms with Crippen LogP contribution in [0.15, 0.2) is 23.1 Å². The van der Waals surface area contributed by atoms with Crippen LogP contribution in [0.1, 0.15) is 131 Å². The molecule has 6 rings (SSSR count). The van der Waals surface area contributed by atoms with Crippen molar-refractivity contribution in [3.8, 4) is 0 Å². The second-order valence-electron chi connectivity index (χ2n) is 24.2. The van der Waals surface area contributed by atoms with Gasteiger partial charge in [-0.1, -0.05) is 32.4 Å². The van der Waals surface area contributed by atoms with Crippen LogP contribution in [0.2, 0.25) is 5.02 Å². The van der Waals surface area contributed by atoms with Crippen LogP contribution in [0.3, 0.4) is 0 Å². The van der Waals surface area contributed by atoms with Crippen molar-refractivity contribution in [1.29, 1.82) is 0 Å². The third-order valence-corrected chi connectivity index (χ3v) is 17.4. The number of aliphatic hydroxyl groups excluding tert-OH is 2. The lowest BCUT2D eigenvalue weighted by Crippen LogP contribution is -2.61. The van der Waals surface area contributed by atoms with E-state index in [-0.39, 0.29) is 87.2 Å². The number of fused-ring (bicyclic) bond motifs is 1. The van der Waals surface area contributed by atoms with Crippen LogP contribution >= 0.6 is 11.6 Å². The standard InChI is InChI=1S/C58H93ClN4O18/c1-15-44-58(10,72)50(67)35(6)62(13)29-31(2)27-56(8,71)51(81-55-48(66)43(61(11)12)24-32(3)76-55)33(4)49(34(5)54(70)78-44)80-46-28-57(9,73-14)52(36(7)77-46)79-45(64)18-20-74-22-23-75-21-19-60-41-25-38-42(26-40(41)59)63(37-16-17-37)30-39(47(38)65)53(68)69/h25-26,30-37,43-44,46,48-52,55,60,66-67,71-72H,15-24,27-29H2,1-14H3,(H,68,69)/t31-,32-,33+,34-,35-,36-,43?,44+,46-,48?,49+,50-,51-,52-,55+,56+,57?,58-/m1/s1. The maximum absolute atomic E-state index is 14.6. The van der Waals surface area contributed by atoms with Gasteiger partial charge in [-0.2, -0.15) is 0 Å². The summed E-state index contributed by atoms with van der Waals surface area (Å²) in [6.45, 7) is 18.8. The molecule has 4 fully saturated rings. The number of hydrogen-bond donors (Lipinski definition) is 6. The van der Waals surface area contributed by atoms with Gasteiger partial charge in [0.05, 0.1) is 85.0 Å². The highest BCUT2D eigenvalue weighted by Crippen LogP contribution is 2.42. The SMILES string of the molecule is CC[C@@H]1OC(=O)[C@H](C)[C@@H](O[C@@H]2CC(C)(OC)[C@H](OC(=O)CCOCCOCCNc3cc4c(=O)c(C(=O)O)cn(C5CC5)c4cc3Cl)[C@@H](C)O2)[C@H](C)[C@@H](O[C@@H]2O[C@H](C)CC(N(C)C)C2O)[C@@](C)(O)C[C@@H](C)CN(C)[C@H](C)[C@@H](O)[C@]1(C)O. The Hall–Kier alpha value is -3.59. The Morgan fingerprint density at radius 1 is 0.926 bits per heavy atom. The third kappa shape index (κ3) is 16.0. The minimum Gasteiger partial charge on any atom is -0.477 e. The number of methoxy groups -OCH3 is 1. The van der Waals surface area contributed by atoms with E-state index in [9.17, 15) is 44.7 Å². The van der Waals surface area contributed by atoms with Crippen LogP contribution in [0.25, 0.3) is 10.9 Å². The number of pyridine rings is 1. The Bertz CT molecular complexity index is 2490. The van der Waals surface area contributed by atoms with E-state index in [1.165, 1.54) is 20.2 Å². The minimum absolute atomic E-state index is 0.0203. The first-order chi connectivity index (χ1) is 38.0. The molecule has 0 amide bonds. The molecule has 81 heavy (non-hydrogen) atoms. The summed E-state index contributed by atoms with van der Waals surface area (Å²) in [6, 6.07) is 2.45. The van der Waals surface area contributed by atoms with Crippen molar-refractivity contribution in [2.75, 3.05) is 73.1 Å². The number of aromatic carboxylic acids is 1. The Labute approximate surface area is 481 Å². The number of aromatic nitrogens is 1. The lowest BCUT2D eigenvalue weighted by atomic mass is 9.77. The van der Waals surface area contributed by atoms with E-state index >= 15 is 0 Å². The average Bonchev–Trinajstić information content (AvgIpc) is 4.44. The molecular formula is C58H93ClN4O18. The summed E-state index contributed by atoms with van der Waals surface area (Å²) < 4.78 is 58.0. The zero-order chi connectivity index (χ0) is 60.1. The highest BCUT2D eigenvalue weighted by molar-refractivity contribution is 6.34. The van der Waals surface area contributed by atoms with E-state index in [1.807, 2.05) is 49.4 Å². The lowest BCUT2D eigenvalue weighted by Gasteiger charge is -2.49. The van der Waals surface area contributed by atoms with E-state index in [0.717, 1.165) is 12.8 Å². The molecule has 3 saturated heterocycles. The largest absolute Gasteiger partial charge is 0.477 e. The fraction of sp³-hybridized carbons (Fsp3) is 0.793. The van der Waals surface area contributed by atoms with Crippen LogP contribution in [0.4, 0.5) is 5.69 Å². The Morgan fingerprint density at radius 3 is 2.21 bits per heavy atom. The van der Waals surface area contributed by atoms with Crippen LogP contribution in [0, 0.1) is 17.8 Å². The topological polar surface area (TPSA) is 276 Å². The molecule has 1 aromatic heterocycles. The number of esters is 2. The number of nitrogens with one attached hydrogen (secondary N) is 1. The van der Waals surface area contributed by atoms with Gasteiger partial charge in [0.15, 0.2) is 18.7 Å². The molecule has 18 atom stereocenters. The smallest absolute Gasteiger partial charge is 0.341 e. The number of carbonyl (C=O) groups is 3. The molecule has 3 aliphatic heterocycles. The molecule has 4 heterocycles. The molecule has 23 heteroatoms. The molecule has 1 aromatic carbocycles. The van der Waals surface area contributed by atoms with Crippen LogP contribution in [0.5, 0.6) is 0 Å². The Kier molecular flexibility index (Phi) is 23.1. The number of benzene rings is 1. The predicted molar refractivity (Wildman–Crippen MR) is 301 cm³/mol. The summed E-state index contributed by atoms with van der Waals surface area (Å²) in [5, 5.41) is 61.6. The monoisotopic (exact) mass is 1170 g/mol. The van der Waals surface area contributed by atoms with Crippen molar-refractivity contribution in [3.63, 3.8) is 0 Å². The van der Waals surface area contributed by atoms with Gasteiger partial charge in [0.2, 0.25) is 5.43 Å². The quantitative estimate of drug-likeness (QED) is 0.0753. The van der Waals surface area contributed by atoms with Gasteiger partial charge >= 0.3 is 17.9 Å². The van der Waals surface area contributed by atoms with Gasteiger partial charge in [-0.05, 0) is 120 Å². The van der Waals surface area contributed by atoms with Crippen molar-refractivity contribution >= 4 is 46.1 Å². The van der Waals surface area contributed by atoms with Gasteiger partial charge in [-0.15, -0.1) is 0 Å². The fourth-order valence-electron chi connectivity index (χ4n) is 12.2. The highest BCUT2D eigenvalue weighted by atomic mass is 35.5. The minimum atomic E-state index is -1.87. The van der Waals surface area contributed by atoms with Crippen molar-refractivity contribution in [2.45, 2.75) is 211 Å². The number of anilines is 1. The summed E-state index contributed by atoms with van der Waals surface area (Å²) in [6.07, 6.45) is -6.17. The van der Waals surface area contributed by atoms with E-state index in [2.05, 4.69) is 5.32 Å². The van der Waals surface area contributed by atoms with Crippen molar-refractivity contribution in [3.05, 3.63) is 39.1 Å². The number of nitrogens with zero attached hydrogens (tertiary/aromatic N) is 3. The van der Waals surface area contributed by atoms with Crippen LogP contribution in [-0.2, 0) is 52.2 Å². The number of carbonyl (C=O) groups excluding carboxylic acids is 2. The molecule has 1 aliphatic carbocycles. The summed E-state index contributed by atoms with van der Waals surface area (Å²) in [4.78, 5) is 56.7. The normalized spacial score (nSPS) is 36.9. The molecule has 2 aromatic rings. The second kappa shape index (κ2) is 28.1. The molecule has 6 N–H and O–H groups in total. The number of halogens is 1. The molecule has 0 radical (unpaired) electrons. The van der Waals surface area contributed by atoms with Crippen LogP contribution in [-0.4, -0.2) is 216 Å². The highest BCUT2D eigenvalue weighted by Gasteiger charge is 2.54. The van der Waals surface area contributed by atoms with Gasteiger partial charge in [0, 0.05) is 62.2 Å². The lowest BCUT2D eigenvalue weighted by molar-refractivity contribution is -0.318. The molecule has 3 unspecified atom stereocenters. The average molecular weight is 1170 g/mol. The molecule has 1 saturated carbocycles. The molecule has 22 nitrogen and oxygen atoms in total. The third-order valence-electron chi connectivity index (χ3n) is 17.1. The first-order valence-corrected chi connectivity index (χ1v) is 29.1. The Balaban J connectivity index is 1.10. The van der Waals surface area contributed by atoms with Gasteiger partial charge in [0.1, 0.15) is 35.1 Å². The predicted octanol–water partition coefficient (Wildman–Crippen LogP) is 4.99. The maximum atomic E-state index is 14.6. The molecular weight excluding hydrogens is 1080 g/mol. The maximum Gasteiger partial charge on any atom is 0.341 e. The van der Waals surface area contributed by atoms with E-state index in [4.69, 9.17) is 54.2 Å². The first-order valence-electron chi connectivity index (χ1n) is 28.7. The summed E-state index contributed by atoms with van der Waals surface area (Å²) >= 11 is 6.59. The zero-order valence-corrected chi connectivity index (χ0v) is 50.7. The number of carboxylic acid groups (broad SMARTS) is 1. The molecule has 0 bridgehead atoms. The van der Waals surface area contributed by atoms with Crippen molar-refractivity contribution in [2.24, 2.45) is 17.8 Å². The molecule has 4 aliphatic rings. The molecule has 460 valence electrons. The summed E-state index contributed by atoms with van der Waals surface area (Å²) in [7, 11) is 7.05. The van der Waals surface area contributed by atoms with Gasteiger partial charge in [-0.25, -0.2) is 4.79 Å². The number of ether oxygens (including phenoxy) is 9. The number of cyclic esters (lactones) is 1. The number of aliphatic hydroxyl groups is 4. The van der Waals surface area contributed by atoms with Crippen LogP contribution < -0.4 is 10.7 Å². The Morgan fingerprint density at radius 2 is 1.59 bits per heavy atom. The van der Waals surface area contributed by atoms with E-state index in [1.54, 1.807) is 60.6 Å². The van der Waals surface area contributed by atoms with E-state index < -0.39 is 113 Å². The van der Waals surface area contributed by atoms with Gasteiger partial charge < -0.3 is 87.8 Å². The van der Waals surface area contributed by atoms with E-state index in [0.29, 0.717) is 35.7 Å².